The van der Waals surface area contributed by atoms with Crippen molar-refractivity contribution in [2.24, 2.45) is 22.7 Å². The molecule has 5 heteroatoms. The van der Waals surface area contributed by atoms with Gasteiger partial charge in [0.2, 0.25) is 0 Å². The van der Waals surface area contributed by atoms with Crippen LogP contribution in [0.25, 0.3) is 10.8 Å². The van der Waals surface area contributed by atoms with E-state index in [-0.39, 0.29) is 34.3 Å². The Kier molecular flexibility index (Phi) is 4.40. The molecule has 3 unspecified atom stereocenters. The molecule has 2 aliphatic rings. The van der Waals surface area contributed by atoms with Gasteiger partial charge < -0.3 is 5.32 Å². The molecule has 2 bridgehead atoms. The second-order valence-electron chi connectivity index (χ2n) is 9.91. The van der Waals surface area contributed by atoms with E-state index in [0.29, 0.717) is 28.9 Å². The molecule has 1 amide bonds. The third-order valence-corrected chi connectivity index (χ3v) is 7.72. The van der Waals surface area contributed by atoms with Gasteiger partial charge in [0.05, 0.1) is 5.39 Å². The number of hydrogen-bond donors (Lipinski definition) is 1. The molecule has 28 heavy (non-hydrogen) atoms. The summed E-state index contributed by atoms with van der Waals surface area (Å²) in [5.74, 6) is 0.762. The van der Waals surface area contributed by atoms with E-state index in [9.17, 15) is 9.59 Å². The van der Waals surface area contributed by atoms with Crippen molar-refractivity contribution in [2.75, 3.05) is 0 Å². The summed E-state index contributed by atoms with van der Waals surface area (Å²) in [6.45, 7) is 11.6. The van der Waals surface area contributed by atoms with Crippen molar-refractivity contribution in [2.45, 2.75) is 66.5 Å². The van der Waals surface area contributed by atoms with E-state index in [1.807, 2.05) is 32.0 Å². The standard InChI is InChI=1S/C23H31N3O2/c1-14(2)13-26-21(28)17-9-7-6-8-16(17)19(25-26)20(27)24-18-12-15-10-11-23(18,5)22(15,3)4/h6-9,14-15,18H,10-13H2,1-5H3,(H,24,27). The number of nitrogens with zero attached hydrogens (tertiary/aromatic N) is 2. The number of amides is 1. The molecule has 0 aliphatic heterocycles. The zero-order chi connectivity index (χ0) is 20.3. The monoisotopic (exact) mass is 381 g/mol. The quantitative estimate of drug-likeness (QED) is 0.871. The van der Waals surface area contributed by atoms with Crippen LogP contribution in [0.4, 0.5) is 0 Å². The lowest BCUT2D eigenvalue weighted by molar-refractivity contribution is 0.0821. The summed E-state index contributed by atoms with van der Waals surface area (Å²) in [5.41, 5.74) is 0.570. The molecule has 4 rings (SSSR count). The summed E-state index contributed by atoms with van der Waals surface area (Å²) in [7, 11) is 0. The lowest BCUT2D eigenvalue weighted by Gasteiger charge is -2.39. The minimum absolute atomic E-state index is 0.107. The lowest BCUT2D eigenvalue weighted by atomic mass is 9.69. The van der Waals surface area contributed by atoms with Crippen LogP contribution >= 0.6 is 0 Å². The van der Waals surface area contributed by atoms with Crippen molar-refractivity contribution < 1.29 is 4.79 Å². The summed E-state index contributed by atoms with van der Waals surface area (Å²) in [4.78, 5) is 26.1. The van der Waals surface area contributed by atoms with Crippen LogP contribution in [0.15, 0.2) is 29.1 Å². The van der Waals surface area contributed by atoms with Gasteiger partial charge in [-0.2, -0.15) is 5.10 Å². The predicted molar refractivity (Wildman–Crippen MR) is 111 cm³/mol. The fourth-order valence-electron chi connectivity index (χ4n) is 5.52. The Morgan fingerprint density at radius 2 is 1.93 bits per heavy atom. The fraction of sp³-hybridized carbons (Fsp3) is 0.609. The average Bonchev–Trinajstić information content (AvgIpc) is 2.97. The largest absolute Gasteiger partial charge is 0.347 e. The number of carbonyl (C=O) groups is 1. The summed E-state index contributed by atoms with van der Waals surface area (Å²) >= 11 is 0. The molecule has 0 radical (unpaired) electrons. The van der Waals surface area contributed by atoms with Gasteiger partial charge in [0.1, 0.15) is 0 Å². The molecule has 1 aromatic carbocycles. The van der Waals surface area contributed by atoms with Crippen LogP contribution in [0.3, 0.4) is 0 Å². The molecule has 2 aliphatic carbocycles. The smallest absolute Gasteiger partial charge is 0.274 e. The van der Waals surface area contributed by atoms with Crippen molar-refractivity contribution in [3.05, 3.63) is 40.3 Å². The predicted octanol–water partition coefficient (Wildman–Crippen LogP) is 4.00. The average molecular weight is 382 g/mol. The van der Waals surface area contributed by atoms with E-state index >= 15 is 0 Å². The summed E-state index contributed by atoms with van der Waals surface area (Å²) in [6.07, 6.45) is 3.42. The third kappa shape index (κ3) is 2.70. The minimum atomic E-state index is -0.164. The van der Waals surface area contributed by atoms with Crippen molar-refractivity contribution in [1.82, 2.24) is 15.1 Å². The Morgan fingerprint density at radius 3 is 2.50 bits per heavy atom. The molecule has 1 N–H and O–H groups in total. The molecule has 2 fully saturated rings. The number of hydrogen-bond acceptors (Lipinski definition) is 3. The second kappa shape index (κ2) is 6.43. The van der Waals surface area contributed by atoms with E-state index in [2.05, 4.69) is 31.2 Å². The highest BCUT2D eigenvalue weighted by Crippen LogP contribution is 2.65. The van der Waals surface area contributed by atoms with Gasteiger partial charge in [0, 0.05) is 18.0 Å². The van der Waals surface area contributed by atoms with Gasteiger partial charge >= 0.3 is 0 Å². The van der Waals surface area contributed by atoms with Crippen molar-refractivity contribution >= 4 is 16.7 Å². The highest BCUT2D eigenvalue weighted by molar-refractivity contribution is 6.04. The van der Waals surface area contributed by atoms with Gasteiger partial charge in [-0.25, -0.2) is 4.68 Å². The van der Waals surface area contributed by atoms with E-state index in [1.54, 1.807) is 6.07 Å². The first kappa shape index (κ1) is 19.2. The number of rotatable bonds is 4. The Morgan fingerprint density at radius 1 is 1.25 bits per heavy atom. The van der Waals surface area contributed by atoms with E-state index in [4.69, 9.17) is 0 Å². The number of benzene rings is 1. The van der Waals surface area contributed by atoms with Gasteiger partial charge in [0.25, 0.3) is 11.5 Å². The molecule has 150 valence electrons. The molecule has 2 saturated carbocycles. The summed E-state index contributed by atoms with van der Waals surface area (Å²) in [6, 6.07) is 7.46. The van der Waals surface area contributed by atoms with Gasteiger partial charge in [-0.1, -0.05) is 52.8 Å². The maximum atomic E-state index is 13.3. The van der Waals surface area contributed by atoms with E-state index in [1.165, 1.54) is 11.1 Å². The molecule has 1 aromatic heterocycles. The molecule has 2 aromatic rings. The van der Waals surface area contributed by atoms with Crippen molar-refractivity contribution in [3.63, 3.8) is 0 Å². The maximum Gasteiger partial charge on any atom is 0.274 e. The highest BCUT2D eigenvalue weighted by atomic mass is 16.2. The minimum Gasteiger partial charge on any atom is -0.347 e. The van der Waals surface area contributed by atoms with Crippen LogP contribution in [0.2, 0.25) is 0 Å². The second-order valence-corrected chi connectivity index (χ2v) is 9.91. The Balaban J connectivity index is 1.72. The molecule has 3 atom stereocenters. The van der Waals surface area contributed by atoms with Crippen molar-refractivity contribution in [1.29, 1.82) is 0 Å². The van der Waals surface area contributed by atoms with Gasteiger partial charge in [0.15, 0.2) is 5.69 Å². The highest BCUT2D eigenvalue weighted by Gasteiger charge is 2.61. The first-order valence-corrected chi connectivity index (χ1v) is 10.5. The third-order valence-electron chi connectivity index (χ3n) is 7.72. The van der Waals surface area contributed by atoms with Crippen LogP contribution < -0.4 is 10.9 Å². The molecule has 1 heterocycles. The first-order chi connectivity index (χ1) is 13.1. The molecule has 0 saturated heterocycles. The lowest BCUT2D eigenvalue weighted by Crippen LogP contribution is -2.47. The zero-order valence-corrected chi connectivity index (χ0v) is 17.6. The Hall–Kier alpha value is -2.17. The topological polar surface area (TPSA) is 64.0 Å². The van der Waals surface area contributed by atoms with Crippen LogP contribution in [-0.2, 0) is 6.54 Å². The van der Waals surface area contributed by atoms with E-state index in [0.717, 1.165) is 12.8 Å². The number of nitrogens with one attached hydrogen (secondary N) is 1. The van der Waals surface area contributed by atoms with Gasteiger partial charge in [-0.15, -0.1) is 0 Å². The van der Waals surface area contributed by atoms with Crippen LogP contribution in [-0.4, -0.2) is 21.7 Å². The Bertz CT molecular complexity index is 991. The summed E-state index contributed by atoms with van der Waals surface area (Å²) in [5, 5.41) is 8.99. The molecular weight excluding hydrogens is 350 g/mol. The number of aromatic nitrogens is 2. The number of carbonyl (C=O) groups excluding carboxylic acids is 1. The van der Waals surface area contributed by atoms with Crippen LogP contribution in [0.5, 0.6) is 0 Å². The van der Waals surface area contributed by atoms with Crippen LogP contribution in [0.1, 0.15) is 64.4 Å². The van der Waals surface area contributed by atoms with Gasteiger partial charge in [-0.05, 0) is 48.0 Å². The first-order valence-electron chi connectivity index (χ1n) is 10.5. The summed E-state index contributed by atoms with van der Waals surface area (Å²) < 4.78 is 1.45. The van der Waals surface area contributed by atoms with Crippen molar-refractivity contribution in [3.8, 4) is 0 Å². The van der Waals surface area contributed by atoms with Gasteiger partial charge in [-0.3, -0.25) is 9.59 Å². The maximum absolute atomic E-state index is 13.3. The molecular formula is C23H31N3O2. The normalized spacial score (nSPS) is 28.2. The zero-order valence-electron chi connectivity index (χ0n) is 17.6. The SMILES string of the molecule is CC(C)Cn1nc(C(=O)NC2CC3CCC2(C)C3(C)C)c2ccccc2c1=O. The molecule has 5 nitrogen and oxygen atoms in total. The number of fused-ring (bicyclic) bond motifs is 3. The Labute approximate surface area is 166 Å². The van der Waals surface area contributed by atoms with Crippen LogP contribution in [0, 0.1) is 22.7 Å². The molecule has 0 spiro atoms. The fourth-order valence-corrected chi connectivity index (χ4v) is 5.52. The van der Waals surface area contributed by atoms with E-state index < -0.39 is 0 Å².